The van der Waals surface area contributed by atoms with Crippen LogP contribution in [0, 0.1) is 5.92 Å². The molecule has 0 spiro atoms. The van der Waals surface area contributed by atoms with E-state index in [0.717, 1.165) is 18.9 Å². The Morgan fingerprint density at radius 1 is 1.50 bits per heavy atom. The number of hydrogen-bond donors (Lipinski definition) is 1. The van der Waals surface area contributed by atoms with Crippen LogP contribution in [0.5, 0.6) is 0 Å². The summed E-state index contributed by atoms with van der Waals surface area (Å²) in [4.78, 5) is 2.53. The average Bonchev–Trinajstić information content (AvgIpc) is 2.74. The number of likely N-dealkylation sites (tertiary alicyclic amines) is 1. The summed E-state index contributed by atoms with van der Waals surface area (Å²) >= 11 is 0. The van der Waals surface area contributed by atoms with Crippen molar-refractivity contribution in [1.82, 2.24) is 10.2 Å². The van der Waals surface area contributed by atoms with Gasteiger partial charge in [0.1, 0.15) is 5.72 Å². The minimum Gasteiger partial charge on any atom is -0.359 e. The highest BCUT2D eigenvalue weighted by Gasteiger charge is 2.37. The van der Waals surface area contributed by atoms with Gasteiger partial charge < -0.3 is 9.64 Å². The number of halogens is 1. The minimum atomic E-state index is -0.0617. The van der Waals surface area contributed by atoms with Crippen LogP contribution in [0.1, 0.15) is 33.6 Å². The molecule has 2 rings (SSSR count). The average molecular weight is 249 g/mol. The van der Waals surface area contributed by atoms with Crippen LogP contribution >= 0.6 is 12.4 Å². The van der Waals surface area contributed by atoms with Crippen molar-refractivity contribution in [1.29, 1.82) is 0 Å². The molecule has 4 heteroatoms. The fraction of sp³-hybridized carbons (Fsp3) is 1.00. The van der Waals surface area contributed by atoms with Crippen LogP contribution in [-0.2, 0) is 4.74 Å². The Balaban J connectivity index is 0.00000128. The first-order chi connectivity index (χ1) is 7.11. The van der Waals surface area contributed by atoms with Crippen LogP contribution in [0.2, 0.25) is 0 Å². The zero-order valence-electron chi connectivity index (χ0n) is 10.7. The van der Waals surface area contributed by atoms with Crippen LogP contribution in [0.25, 0.3) is 0 Å². The summed E-state index contributed by atoms with van der Waals surface area (Å²) in [6.07, 6.45) is 2.50. The van der Waals surface area contributed by atoms with E-state index in [2.05, 4.69) is 31.0 Å². The maximum Gasteiger partial charge on any atom is 0.117 e. The first kappa shape index (κ1) is 14.2. The molecule has 0 saturated carbocycles. The summed E-state index contributed by atoms with van der Waals surface area (Å²) in [5.41, 5.74) is -0.0617. The molecule has 2 fully saturated rings. The van der Waals surface area contributed by atoms with Gasteiger partial charge in [0.2, 0.25) is 0 Å². The molecule has 2 aliphatic heterocycles. The van der Waals surface area contributed by atoms with E-state index in [4.69, 9.17) is 4.74 Å². The molecule has 3 nitrogen and oxygen atoms in total. The fourth-order valence-electron chi connectivity index (χ4n) is 2.95. The number of ether oxygens (including phenoxy) is 1. The highest BCUT2D eigenvalue weighted by molar-refractivity contribution is 5.85. The van der Waals surface area contributed by atoms with Crippen LogP contribution in [0.15, 0.2) is 0 Å². The number of hydrogen-bond acceptors (Lipinski definition) is 3. The predicted octanol–water partition coefficient (Wildman–Crippen LogP) is 1.86. The summed E-state index contributed by atoms with van der Waals surface area (Å²) in [5, 5.41) is 3.55. The van der Waals surface area contributed by atoms with Crippen molar-refractivity contribution in [3.63, 3.8) is 0 Å². The van der Waals surface area contributed by atoms with Crippen molar-refractivity contribution < 1.29 is 4.74 Å². The van der Waals surface area contributed by atoms with E-state index in [0.29, 0.717) is 6.04 Å². The van der Waals surface area contributed by atoms with E-state index in [1.54, 1.807) is 0 Å². The topological polar surface area (TPSA) is 24.5 Å². The summed E-state index contributed by atoms with van der Waals surface area (Å²) in [7, 11) is 0. The second-order valence-electron chi connectivity index (χ2n) is 5.34. The number of nitrogens with zero attached hydrogens (tertiary/aromatic N) is 1. The fourth-order valence-corrected chi connectivity index (χ4v) is 2.95. The lowest BCUT2D eigenvalue weighted by Crippen LogP contribution is -2.42. The van der Waals surface area contributed by atoms with Crippen molar-refractivity contribution >= 4 is 12.4 Å². The zero-order valence-corrected chi connectivity index (χ0v) is 11.5. The Labute approximate surface area is 105 Å². The Bertz CT molecular complexity index is 227. The van der Waals surface area contributed by atoms with Gasteiger partial charge in [0.05, 0.1) is 6.61 Å². The third-order valence-electron chi connectivity index (χ3n) is 3.70. The quantitative estimate of drug-likeness (QED) is 0.825. The molecule has 2 aliphatic rings. The Hall–Kier alpha value is 0.170. The van der Waals surface area contributed by atoms with Gasteiger partial charge in [-0.3, -0.25) is 5.32 Å². The largest absolute Gasteiger partial charge is 0.359 e. The van der Waals surface area contributed by atoms with Crippen LogP contribution in [-0.4, -0.2) is 42.9 Å². The molecule has 0 aromatic carbocycles. The van der Waals surface area contributed by atoms with E-state index in [9.17, 15) is 0 Å². The Morgan fingerprint density at radius 2 is 2.25 bits per heavy atom. The standard InChI is InChI=1S/C12H24N2O.ClH/c1-4-14-6-5-11(8-14)7-12(3)13-10(2)9-15-12;/h10-11,13H,4-9H2,1-3H3;1H. The van der Waals surface area contributed by atoms with Crippen molar-refractivity contribution in [2.45, 2.75) is 45.4 Å². The summed E-state index contributed by atoms with van der Waals surface area (Å²) < 4.78 is 5.85. The number of rotatable bonds is 3. The first-order valence-electron chi connectivity index (χ1n) is 6.25. The van der Waals surface area contributed by atoms with Gasteiger partial charge in [-0.1, -0.05) is 6.92 Å². The van der Waals surface area contributed by atoms with E-state index < -0.39 is 0 Å². The second kappa shape index (κ2) is 5.67. The molecular weight excluding hydrogens is 224 g/mol. The third-order valence-corrected chi connectivity index (χ3v) is 3.70. The van der Waals surface area contributed by atoms with Gasteiger partial charge in [0, 0.05) is 12.6 Å². The van der Waals surface area contributed by atoms with Gasteiger partial charge in [0.15, 0.2) is 0 Å². The molecule has 3 atom stereocenters. The van der Waals surface area contributed by atoms with Crippen molar-refractivity contribution in [2.24, 2.45) is 5.92 Å². The molecule has 2 heterocycles. The Morgan fingerprint density at radius 3 is 2.75 bits per heavy atom. The maximum atomic E-state index is 5.85. The SMILES string of the molecule is CCN1CCC(CC2(C)NC(C)CO2)C1.Cl. The molecule has 0 aromatic heterocycles. The molecule has 0 aliphatic carbocycles. The zero-order chi connectivity index (χ0) is 10.9. The van der Waals surface area contributed by atoms with Gasteiger partial charge in [-0.15, -0.1) is 12.4 Å². The van der Waals surface area contributed by atoms with Crippen LogP contribution < -0.4 is 5.32 Å². The third kappa shape index (κ3) is 3.33. The molecule has 96 valence electrons. The van der Waals surface area contributed by atoms with Crippen molar-refractivity contribution in [2.75, 3.05) is 26.2 Å². The molecule has 0 amide bonds. The summed E-state index contributed by atoms with van der Waals surface area (Å²) in [6.45, 7) is 11.2. The van der Waals surface area contributed by atoms with Crippen molar-refractivity contribution in [3.05, 3.63) is 0 Å². The molecule has 0 bridgehead atoms. The number of nitrogens with one attached hydrogen (secondary N) is 1. The molecule has 0 aromatic rings. The van der Waals surface area contributed by atoms with E-state index >= 15 is 0 Å². The van der Waals surface area contributed by atoms with Gasteiger partial charge in [-0.05, 0) is 45.7 Å². The van der Waals surface area contributed by atoms with E-state index in [1.807, 2.05) is 0 Å². The lowest BCUT2D eigenvalue weighted by Gasteiger charge is -2.27. The van der Waals surface area contributed by atoms with Crippen LogP contribution in [0.4, 0.5) is 0 Å². The van der Waals surface area contributed by atoms with E-state index in [1.165, 1.54) is 26.1 Å². The first-order valence-corrected chi connectivity index (χ1v) is 6.25. The summed E-state index contributed by atoms with van der Waals surface area (Å²) in [6, 6.07) is 0.513. The highest BCUT2D eigenvalue weighted by atomic mass is 35.5. The molecule has 3 unspecified atom stereocenters. The minimum absolute atomic E-state index is 0. The molecule has 16 heavy (non-hydrogen) atoms. The smallest absolute Gasteiger partial charge is 0.117 e. The normalized spacial score (nSPS) is 39.9. The highest BCUT2D eigenvalue weighted by Crippen LogP contribution is 2.29. The predicted molar refractivity (Wildman–Crippen MR) is 69.0 cm³/mol. The second-order valence-corrected chi connectivity index (χ2v) is 5.34. The molecule has 2 saturated heterocycles. The molecule has 1 N–H and O–H groups in total. The molecular formula is C12H25ClN2O. The summed E-state index contributed by atoms with van der Waals surface area (Å²) in [5.74, 6) is 0.813. The van der Waals surface area contributed by atoms with Crippen molar-refractivity contribution in [3.8, 4) is 0 Å². The van der Waals surface area contributed by atoms with Gasteiger partial charge in [-0.2, -0.15) is 0 Å². The lowest BCUT2D eigenvalue weighted by molar-refractivity contribution is -0.0125. The van der Waals surface area contributed by atoms with Gasteiger partial charge >= 0.3 is 0 Å². The monoisotopic (exact) mass is 248 g/mol. The lowest BCUT2D eigenvalue weighted by atomic mass is 9.97. The maximum absolute atomic E-state index is 5.85. The van der Waals surface area contributed by atoms with Gasteiger partial charge in [-0.25, -0.2) is 0 Å². The molecule has 0 radical (unpaired) electrons. The van der Waals surface area contributed by atoms with Gasteiger partial charge in [0.25, 0.3) is 0 Å². The van der Waals surface area contributed by atoms with E-state index in [-0.39, 0.29) is 18.1 Å². The Kier molecular flexibility index (Phi) is 5.05. The van der Waals surface area contributed by atoms with Crippen LogP contribution in [0.3, 0.4) is 0 Å².